The van der Waals surface area contributed by atoms with Crippen LogP contribution >= 0.6 is 0 Å². The van der Waals surface area contributed by atoms with Crippen LogP contribution in [0.5, 0.6) is 0 Å². The molecule has 4 amide bonds. The van der Waals surface area contributed by atoms with E-state index in [1.54, 1.807) is 19.1 Å². The molecule has 1 aromatic rings. The molecule has 2 heterocycles. The van der Waals surface area contributed by atoms with Crippen LogP contribution in [0.3, 0.4) is 0 Å². The minimum atomic E-state index is -0.881. The van der Waals surface area contributed by atoms with E-state index in [2.05, 4.69) is 5.32 Å². The molecule has 0 aliphatic carbocycles. The molecule has 3 rings (SSSR count). The Kier molecular flexibility index (Phi) is 15.8. The lowest BCUT2D eigenvalue weighted by molar-refractivity contribution is -0.160. The zero-order chi connectivity index (χ0) is 36.1. The Morgan fingerprint density at radius 2 is 1.71 bits per heavy atom. The second kappa shape index (κ2) is 19.5. The molecule has 272 valence electrons. The van der Waals surface area contributed by atoms with Crippen LogP contribution < -0.4 is 5.32 Å². The number of nitrogens with one attached hydrogen (secondary N) is 1. The highest BCUT2D eigenvalue weighted by Crippen LogP contribution is 2.26. The maximum Gasteiger partial charge on any atom is 0.329 e. The van der Waals surface area contributed by atoms with E-state index < -0.39 is 35.9 Å². The van der Waals surface area contributed by atoms with E-state index in [1.807, 2.05) is 64.1 Å². The summed E-state index contributed by atoms with van der Waals surface area (Å²) in [5.74, 6) is -1.72. The normalized spacial score (nSPS) is 24.8. The van der Waals surface area contributed by atoms with Crippen molar-refractivity contribution in [2.45, 2.75) is 122 Å². The maximum atomic E-state index is 14.2. The fourth-order valence-electron chi connectivity index (χ4n) is 6.49. The number of allylic oxidation sites excluding steroid dienone is 1. The predicted octanol–water partition coefficient (Wildman–Crippen LogP) is 4.28. The summed E-state index contributed by atoms with van der Waals surface area (Å²) < 4.78 is 11.5. The van der Waals surface area contributed by atoms with E-state index in [0.717, 1.165) is 24.0 Å². The third kappa shape index (κ3) is 12.3. The summed E-state index contributed by atoms with van der Waals surface area (Å²) >= 11 is 0. The number of hydrogen-bond donors (Lipinski definition) is 1. The smallest absolute Gasteiger partial charge is 0.329 e. The standard InChI is InChI=1S/C38H58N4O7/c1-26(2)23-33-37(46)42-22-12-17-32(42)38(47)49-30(16-11-13-28(4)48-7)20-18-27(3)19-21-34(43)39-31(24-29-14-9-8-10-15-29)36(45)40(5)25-35(44)41(33)6/h8-10,14-15,19,26,28,30-33H,11-13,16-18,20-25H2,1-7H3,(H,39,43)/t28-,30-,31+,32+,33-/m1/s1. The van der Waals surface area contributed by atoms with Gasteiger partial charge in [-0.3, -0.25) is 19.2 Å². The Bertz CT molecular complexity index is 1300. The molecule has 11 nitrogen and oxygen atoms in total. The summed E-state index contributed by atoms with van der Waals surface area (Å²) in [5, 5.41) is 2.90. The molecule has 1 saturated heterocycles. The van der Waals surface area contributed by atoms with E-state index in [-0.39, 0.29) is 49.3 Å². The number of benzene rings is 1. The van der Waals surface area contributed by atoms with Gasteiger partial charge in [0.15, 0.2) is 0 Å². The lowest BCUT2D eigenvalue weighted by atomic mass is 10.0. The molecule has 0 spiro atoms. The number of carbonyl (C=O) groups is 5. The fraction of sp³-hybridized carbons (Fsp3) is 0.658. The van der Waals surface area contributed by atoms with Crippen LogP contribution in [0.2, 0.25) is 0 Å². The predicted molar refractivity (Wildman–Crippen MR) is 188 cm³/mol. The Balaban J connectivity index is 1.95. The molecule has 0 aromatic heterocycles. The number of fused-ring (bicyclic) bond motifs is 1. The minimum Gasteiger partial charge on any atom is -0.461 e. The monoisotopic (exact) mass is 682 g/mol. The van der Waals surface area contributed by atoms with Gasteiger partial charge in [-0.15, -0.1) is 0 Å². The van der Waals surface area contributed by atoms with Crippen molar-refractivity contribution in [3.8, 4) is 0 Å². The number of amides is 4. The van der Waals surface area contributed by atoms with Crippen LogP contribution in [0.4, 0.5) is 0 Å². The highest BCUT2D eigenvalue weighted by molar-refractivity contribution is 5.94. The van der Waals surface area contributed by atoms with Gasteiger partial charge >= 0.3 is 5.97 Å². The zero-order valence-electron chi connectivity index (χ0n) is 30.6. The van der Waals surface area contributed by atoms with Gasteiger partial charge in [0, 0.05) is 40.6 Å². The first-order chi connectivity index (χ1) is 23.3. The number of carbonyl (C=O) groups excluding carboxylic acids is 5. The van der Waals surface area contributed by atoms with E-state index in [9.17, 15) is 24.0 Å². The SMILES string of the molecule is CO[C@H](C)CCC[C@@H]1CCC(C)=CCC(=O)N[C@@H](Cc2ccccc2)C(=O)N(C)CC(=O)N(C)[C@H](CC(C)C)C(=O)N2CCC[C@H]2C(=O)O1. The highest BCUT2D eigenvalue weighted by atomic mass is 16.5. The van der Waals surface area contributed by atoms with Crippen molar-refractivity contribution in [3.05, 3.63) is 47.5 Å². The van der Waals surface area contributed by atoms with E-state index in [0.29, 0.717) is 45.1 Å². The van der Waals surface area contributed by atoms with Crippen molar-refractivity contribution in [2.24, 2.45) is 5.92 Å². The molecule has 5 atom stereocenters. The number of cyclic esters (lactones) is 1. The molecular formula is C38H58N4O7. The first-order valence-electron chi connectivity index (χ1n) is 17.8. The highest BCUT2D eigenvalue weighted by Gasteiger charge is 2.41. The average molecular weight is 683 g/mol. The number of methoxy groups -OCH3 is 1. The van der Waals surface area contributed by atoms with Crippen molar-refractivity contribution in [3.63, 3.8) is 0 Å². The Hall–Kier alpha value is -3.73. The number of rotatable bonds is 9. The van der Waals surface area contributed by atoms with Crippen molar-refractivity contribution < 1.29 is 33.4 Å². The molecule has 0 radical (unpaired) electrons. The van der Waals surface area contributed by atoms with Crippen molar-refractivity contribution >= 4 is 29.6 Å². The van der Waals surface area contributed by atoms with Crippen molar-refractivity contribution in [2.75, 3.05) is 34.3 Å². The second-order valence-electron chi connectivity index (χ2n) is 14.2. The summed E-state index contributed by atoms with van der Waals surface area (Å²) in [5.41, 5.74) is 1.85. The van der Waals surface area contributed by atoms with Crippen LogP contribution in [-0.4, -0.2) is 109 Å². The van der Waals surface area contributed by atoms with E-state index >= 15 is 0 Å². The summed E-state index contributed by atoms with van der Waals surface area (Å²) in [6.45, 7) is 8.05. The molecule has 11 heteroatoms. The van der Waals surface area contributed by atoms with Gasteiger partial charge in [-0.25, -0.2) is 4.79 Å². The summed E-state index contributed by atoms with van der Waals surface area (Å²) in [4.78, 5) is 72.8. The van der Waals surface area contributed by atoms with Crippen LogP contribution in [0.1, 0.15) is 91.0 Å². The Labute approximate surface area is 292 Å². The molecule has 1 N–H and O–H groups in total. The lowest BCUT2D eigenvalue weighted by Crippen LogP contribution is -2.55. The van der Waals surface area contributed by atoms with Crippen LogP contribution in [0.25, 0.3) is 0 Å². The topological polar surface area (TPSA) is 126 Å². The van der Waals surface area contributed by atoms with Crippen LogP contribution in [0, 0.1) is 5.92 Å². The number of nitrogens with zero attached hydrogens (tertiary/aromatic N) is 3. The van der Waals surface area contributed by atoms with Crippen molar-refractivity contribution in [1.82, 2.24) is 20.0 Å². The van der Waals surface area contributed by atoms with Gasteiger partial charge in [-0.05, 0) is 76.7 Å². The van der Waals surface area contributed by atoms with Gasteiger partial charge in [0.25, 0.3) is 0 Å². The maximum absolute atomic E-state index is 14.2. The number of hydrogen-bond acceptors (Lipinski definition) is 7. The van der Waals surface area contributed by atoms with Gasteiger partial charge in [0.1, 0.15) is 24.2 Å². The first kappa shape index (κ1) is 39.7. The molecule has 2 aliphatic heterocycles. The molecule has 0 saturated carbocycles. The van der Waals surface area contributed by atoms with E-state index in [1.165, 1.54) is 16.8 Å². The van der Waals surface area contributed by atoms with Gasteiger partial charge in [-0.1, -0.05) is 55.8 Å². The summed E-state index contributed by atoms with van der Waals surface area (Å²) in [7, 11) is 4.79. The van der Waals surface area contributed by atoms with Crippen molar-refractivity contribution in [1.29, 1.82) is 0 Å². The van der Waals surface area contributed by atoms with Gasteiger partial charge in [0.2, 0.25) is 23.6 Å². The number of ether oxygens (including phenoxy) is 2. The number of esters is 1. The zero-order valence-corrected chi connectivity index (χ0v) is 30.6. The molecule has 1 aromatic carbocycles. The first-order valence-corrected chi connectivity index (χ1v) is 17.8. The Morgan fingerprint density at radius 3 is 2.39 bits per heavy atom. The Morgan fingerprint density at radius 1 is 1.00 bits per heavy atom. The third-order valence-electron chi connectivity index (χ3n) is 9.63. The largest absolute Gasteiger partial charge is 0.461 e. The molecule has 0 unspecified atom stereocenters. The molecule has 2 aliphatic rings. The molecule has 1 fully saturated rings. The van der Waals surface area contributed by atoms with Crippen LogP contribution in [-0.2, 0) is 39.9 Å². The summed E-state index contributed by atoms with van der Waals surface area (Å²) in [6.07, 6.45) is 6.95. The van der Waals surface area contributed by atoms with Crippen LogP contribution in [0.15, 0.2) is 42.0 Å². The van der Waals surface area contributed by atoms with Gasteiger partial charge in [0.05, 0.1) is 12.6 Å². The van der Waals surface area contributed by atoms with E-state index in [4.69, 9.17) is 9.47 Å². The second-order valence-corrected chi connectivity index (χ2v) is 14.2. The quantitative estimate of drug-likeness (QED) is 0.305. The lowest BCUT2D eigenvalue weighted by Gasteiger charge is -2.35. The minimum absolute atomic E-state index is 0.0845. The molecular weight excluding hydrogens is 624 g/mol. The third-order valence-corrected chi connectivity index (χ3v) is 9.63. The summed E-state index contributed by atoms with van der Waals surface area (Å²) in [6, 6.07) is 7.02. The molecule has 0 bridgehead atoms. The van der Waals surface area contributed by atoms with Gasteiger partial charge < -0.3 is 29.5 Å². The van der Waals surface area contributed by atoms with Gasteiger partial charge in [-0.2, -0.15) is 0 Å². The average Bonchev–Trinajstić information content (AvgIpc) is 3.57. The number of likely N-dealkylation sites (N-methyl/N-ethyl adjacent to an activating group) is 2. The fourth-order valence-corrected chi connectivity index (χ4v) is 6.49. The molecule has 49 heavy (non-hydrogen) atoms.